The van der Waals surface area contributed by atoms with Crippen LogP contribution in [0.2, 0.25) is 25.7 Å². The molecule has 3 aromatic heterocycles. The highest BCUT2D eigenvalue weighted by Gasteiger charge is 2.34. The molecule has 0 N–H and O–H groups in total. The molecular weight excluding hydrogens is 555 g/mol. The zero-order chi connectivity index (χ0) is 29.1. The third-order valence-electron chi connectivity index (χ3n) is 5.97. The van der Waals surface area contributed by atoms with Crippen LogP contribution in [0.5, 0.6) is 11.5 Å². The molecule has 14 heteroatoms. The highest BCUT2D eigenvalue weighted by Crippen LogP contribution is 2.39. The van der Waals surface area contributed by atoms with Gasteiger partial charge in [-0.05, 0) is 43.3 Å². The Morgan fingerprint density at radius 2 is 1.73 bits per heavy atom. The van der Waals surface area contributed by atoms with E-state index in [-0.39, 0.29) is 29.0 Å². The van der Waals surface area contributed by atoms with Gasteiger partial charge in [0.1, 0.15) is 17.2 Å². The summed E-state index contributed by atoms with van der Waals surface area (Å²) in [6, 6.07) is 9.23. The summed E-state index contributed by atoms with van der Waals surface area (Å²) in [4.78, 5) is 7.70. The Hall–Kier alpha value is -4.04. The maximum Gasteiger partial charge on any atom is 0.262 e. The molecule has 40 heavy (non-hydrogen) atoms. The van der Waals surface area contributed by atoms with Gasteiger partial charge in [-0.25, -0.2) is 27.1 Å². The number of furan rings is 1. The first kappa shape index (κ1) is 29.0. The zero-order valence-corrected chi connectivity index (χ0v) is 24.9. The average Bonchev–Trinajstić information content (AvgIpc) is 3.59. The maximum absolute atomic E-state index is 14.2. The van der Waals surface area contributed by atoms with Gasteiger partial charge in [-0.3, -0.25) is 4.57 Å². The number of benzene rings is 1. The summed E-state index contributed by atoms with van der Waals surface area (Å²) < 4.78 is 61.4. The van der Waals surface area contributed by atoms with E-state index >= 15 is 0 Å². The van der Waals surface area contributed by atoms with Crippen molar-refractivity contribution in [3.8, 4) is 28.8 Å². The van der Waals surface area contributed by atoms with Crippen LogP contribution in [0, 0.1) is 5.82 Å². The molecule has 0 aliphatic heterocycles. The molecule has 3 heterocycles. The summed E-state index contributed by atoms with van der Waals surface area (Å²) >= 11 is 0. The fourth-order valence-corrected chi connectivity index (χ4v) is 6.18. The van der Waals surface area contributed by atoms with Crippen LogP contribution in [0.25, 0.3) is 23.3 Å². The van der Waals surface area contributed by atoms with Crippen molar-refractivity contribution in [2.24, 2.45) is 0 Å². The fraction of sp³-hybridized carbons (Fsp3) is 0.308. The second-order valence-electron chi connectivity index (χ2n) is 10.0. The van der Waals surface area contributed by atoms with Gasteiger partial charge in [-0.15, -0.1) is 10.2 Å². The largest absolute Gasteiger partial charge is 0.494 e. The van der Waals surface area contributed by atoms with Gasteiger partial charge in [-0.2, -0.15) is 0 Å². The van der Waals surface area contributed by atoms with Gasteiger partial charge in [0, 0.05) is 14.6 Å². The van der Waals surface area contributed by atoms with Crippen LogP contribution in [-0.2, 0) is 10.0 Å². The predicted molar refractivity (Wildman–Crippen MR) is 152 cm³/mol. The predicted octanol–water partition coefficient (Wildman–Crippen LogP) is 5.01. The topological polar surface area (TPSA) is 125 Å². The van der Waals surface area contributed by atoms with E-state index in [1.54, 1.807) is 34.9 Å². The second-order valence-corrected chi connectivity index (χ2v) is 17.7. The fourth-order valence-electron chi connectivity index (χ4n) is 3.85. The molecule has 212 valence electrons. The molecule has 4 rings (SSSR count). The molecule has 0 spiro atoms. The summed E-state index contributed by atoms with van der Waals surface area (Å²) in [6.07, 6.45) is 4.72. The van der Waals surface area contributed by atoms with Crippen LogP contribution in [0.3, 0.4) is 0 Å². The summed E-state index contributed by atoms with van der Waals surface area (Å²) in [5, 5.41) is 8.71. The normalized spacial score (nSPS) is 12.4. The lowest BCUT2D eigenvalue weighted by Crippen LogP contribution is -2.38. The summed E-state index contributed by atoms with van der Waals surface area (Å²) in [6.45, 7) is 8.00. The molecule has 11 nitrogen and oxygen atoms in total. The monoisotopic (exact) mass is 586 g/mol. The van der Waals surface area contributed by atoms with Crippen molar-refractivity contribution in [1.82, 2.24) is 24.7 Å². The molecular formula is C26H31FN6O5SSi. The van der Waals surface area contributed by atoms with E-state index < -0.39 is 23.9 Å². The molecule has 0 bridgehead atoms. The first-order chi connectivity index (χ1) is 19.0. The first-order valence-corrected chi connectivity index (χ1v) is 17.5. The van der Waals surface area contributed by atoms with Crippen molar-refractivity contribution in [3.05, 3.63) is 65.5 Å². The summed E-state index contributed by atoms with van der Waals surface area (Å²) in [5.74, 6) is 0.863. The number of halogens is 1. The van der Waals surface area contributed by atoms with Crippen LogP contribution in [0.4, 0.5) is 10.3 Å². The molecule has 0 saturated heterocycles. The smallest absolute Gasteiger partial charge is 0.262 e. The van der Waals surface area contributed by atoms with E-state index in [9.17, 15) is 12.8 Å². The van der Waals surface area contributed by atoms with E-state index in [0.29, 0.717) is 29.0 Å². The Balaban J connectivity index is 1.98. The molecule has 0 amide bonds. The van der Waals surface area contributed by atoms with Crippen molar-refractivity contribution in [2.75, 3.05) is 25.1 Å². The number of allylic oxidation sites excluding steroid dienone is 1. The van der Waals surface area contributed by atoms with E-state index in [2.05, 4.69) is 39.8 Å². The van der Waals surface area contributed by atoms with Crippen LogP contribution in [0.15, 0.2) is 58.3 Å². The van der Waals surface area contributed by atoms with E-state index in [4.69, 9.17) is 13.9 Å². The summed E-state index contributed by atoms with van der Waals surface area (Å²) in [7, 11) is -2.94. The SMILES string of the molecule is COc1cccc(OC)c1-n1c(-c2ccco2)nnc1N(CC[Si](C)(C)C)S(=O)(=O)C(C)=Cc1ncc(F)cn1. The van der Waals surface area contributed by atoms with Crippen molar-refractivity contribution in [2.45, 2.75) is 32.6 Å². The molecule has 4 aromatic rings. The number of aromatic nitrogens is 5. The lowest BCUT2D eigenvalue weighted by atomic mass is 10.2. The number of ether oxygens (including phenoxy) is 2. The van der Waals surface area contributed by atoms with Crippen LogP contribution < -0.4 is 13.8 Å². The van der Waals surface area contributed by atoms with Gasteiger partial charge in [0.15, 0.2) is 17.4 Å². The minimum atomic E-state index is -4.20. The van der Waals surface area contributed by atoms with Gasteiger partial charge >= 0.3 is 0 Å². The van der Waals surface area contributed by atoms with Crippen LogP contribution in [-0.4, -0.2) is 62.0 Å². The second kappa shape index (κ2) is 11.6. The van der Waals surface area contributed by atoms with Crippen LogP contribution >= 0.6 is 0 Å². The number of hydrogen-bond acceptors (Lipinski definition) is 9. The molecule has 0 saturated carbocycles. The highest BCUT2D eigenvalue weighted by molar-refractivity contribution is 7.96. The standard InChI is InChI=1S/C26H31FN6O5SSi/c1-18(15-23-28-16-19(27)17-29-23)39(34,35)32(12-14-40(4,5)6)26-31-30-25(22-11-8-13-38-22)33(26)24-20(36-2)9-7-10-21(24)37-3/h7-11,13,15-17H,12,14H2,1-6H3. The van der Waals surface area contributed by atoms with Gasteiger partial charge in [0.05, 0.1) is 37.8 Å². The van der Waals surface area contributed by atoms with Crippen molar-refractivity contribution < 1.29 is 26.7 Å². The Bertz CT molecular complexity index is 1580. The average molecular weight is 587 g/mol. The van der Waals surface area contributed by atoms with E-state index in [1.165, 1.54) is 37.8 Å². The molecule has 0 unspecified atom stereocenters. The quantitative estimate of drug-likeness (QED) is 0.223. The van der Waals surface area contributed by atoms with Gasteiger partial charge in [-0.1, -0.05) is 25.7 Å². The van der Waals surface area contributed by atoms with Crippen molar-refractivity contribution in [3.63, 3.8) is 0 Å². The number of rotatable bonds is 11. The van der Waals surface area contributed by atoms with Crippen molar-refractivity contribution >= 4 is 30.1 Å². The minimum Gasteiger partial charge on any atom is -0.494 e. The maximum atomic E-state index is 14.2. The van der Waals surface area contributed by atoms with Gasteiger partial charge in [0.25, 0.3) is 10.0 Å². The first-order valence-electron chi connectivity index (χ1n) is 12.4. The number of sulfonamides is 1. The lowest BCUT2D eigenvalue weighted by Gasteiger charge is -2.27. The van der Waals surface area contributed by atoms with Crippen molar-refractivity contribution in [1.29, 1.82) is 0 Å². The number of hydrogen-bond donors (Lipinski definition) is 0. The molecule has 0 aliphatic rings. The van der Waals surface area contributed by atoms with E-state index in [1.807, 2.05) is 0 Å². The lowest BCUT2D eigenvalue weighted by molar-refractivity contribution is 0.391. The Kier molecular flexibility index (Phi) is 8.39. The van der Waals surface area contributed by atoms with E-state index in [0.717, 1.165) is 12.4 Å². The molecule has 0 atom stereocenters. The Morgan fingerprint density at radius 3 is 2.27 bits per heavy atom. The highest BCUT2D eigenvalue weighted by atomic mass is 32.2. The molecule has 1 aromatic carbocycles. The number of nitrogens with zero attached hydrogens (tertiary/aromatic N) is 6. The minimum absolute atomic E-state index is 0.0141. The Morgan fingerprint density at radius 1 is 1.07 bits per heavy atom. The third kappa shape index (κ3) is 6.07. The molecule has 0 aliphatic carbocycles. The summed E-state index contributed by atoms with van der Waals surface area (Å²) in [5.41, 5.74) is 0.399. The van der Waals surface area contributed by atoms with Gasteiger partial charge in [0.2, 0.25) is 11.8 Å². The third-order valence-corrected chi connectivity index (χ3v) is 9.55. The molecule has 0 radical (unpaired) electrons. The Labute approximate surface area is 233 Å². The van der Waals surface area contributed by atoms with Crippen LogP contribution in [0.1, 0.15) is 12.7 Å². The van der Waals surface area contributed by atoms with Gasteiger partial charge < -0.3 is 13.9 Å². The number of para-hydroxylation sites is 1. The molecule has 0 fully saturated rings. The zero-order valence-electron chi connectivity index (χ0n) is 23.1. The number of anilines is 1. The number of methoxy groups -OCH3 is 2.